The second-order valence-corrected chi connectivity index (χ2v) is 3.30. The van der Waals surface area contributed by atoms with Crippen molar-refractivity contribution in [2.24, 2.45) is 0 Å². The van der Waals surface area contributed by atoms with Crippen molar-refractivity contribution in [1.29, 1.82) is 0 Å². The summed E-state index contributed by atoms with van der Waals surface area (Å²) in [4.78, 5) is 18.6. The molecule has 0 aliphatic heterocycles. The molecule has 2 aromatic rings. The van der Waals surface area contributed by atoms with E-state index in [1.807, 2.05) is 0 Å². The molecule has 17 heavy (non-hydrogen) atoms. The number of rotatable bonds is 4. The first-order valence-electron chi connectivity index (χ1n) is 4.88. The van der Waals surface area contributed by atoms with Crippen LogP contribution < -0.4 is 5.32 Å². The summed E-state index contributed by atoms with van der Waals surface area (Å²) in [6.07, 6.45) is 0. The largest absolute Gasteiger partial charge is 0.477 e. The van der Waals surface area contributed by atoms with Crippen molar-refractivity contribution in [1.82, 2.24) is 15.1 Å². The van der Waals surface area contributed by atoms with Gasteiger partial charge in [0.1, 0.15) is 5.82 Å². The number of nitrogens with zero attached hydrogens (tertiary/aromatic N) is 3. The quantitative estimate of drug-likeness (QED) is 0.816. The number of hydrogen-bond acceptors (Lipinski definition) is 6. The van der Waals surface area contributed by atoms with Crippen LogP contribution >= 0.6 is 0 Å². The maximum atomic E-state index is 10.7. The third kappa shape index (κ3) is 2.77. The van der Waals surface area contributed by atoms with Crippen LogP contribution in [-0.2, 0) is 6.54 Å². The Morgan fingerprint density at radius 3 is 2.94 bits per heavy atom. The Labute approximate surface area is 96.5 Å². The molecule has 0 bridgehead atoms. The average molecular weight is 234 g/mol. The number of carboxylic acids is 1. The summed E-state index contributed by atoms with van der Waals surface area (Å²) in [7, 11) is 0. The van der Waals surface area contributed by atoms with Gasteiger partial charge in [-0.2, -0.15) is 4.98 Å². The number of anilines is 1. The van der Waals surface area contributed by atoms with Gasteiger partial charge in [-0.1, -0.05) is 11.2 Å². The van der Waals surface area contributed by atoms with E-state index in [1.54, 1.807) is 19.1 Å². The molecule has 0 radical (unpaired) electrons. The molecule has 0 unspecified atom stereocenters. The van der Waals surface area contributed by atoms with Crippen LogP contribution in [0, 0.1) is 6.92 Å². The van der Waals surface area contributed by atoms with Crippen LogP contribution in [0.3, 0.4) is 0 Å². The highest BCUT2D eigenvalue weighted by atomic mass is 16.5. The molecule has 0 aliphatic carbocycles. The number of pyridine rings is 1. The molecule has 0 spiro atoms. The van der Waals surface area contributed by atoms with Gasteiger partial charge in [-0.05, 0) is 19.1 Å². The van der Waals surface area contributed by atoms with Crippen LogP contribution in [0.25, 0.3) is 0 Å². The molecule has 7 nitrogen and oxygen atoms in total. The zero-order valence-corrected chi connectivity index (χ0v) is 9.04. The highest BCUT2D eigenvalue weighted by molar-refractivity contribution is 5.85. The first kappa shape index (κ1) is 11.1. The van der Waals surface area contributed by atoms with Crippen molar-refractivity contribution < 1.29 is 14.4 Å². The highest BCUT2D eigenvalue weighted by Crippen LogP contribution is 2.06. The molecule has 0 aliphatic rings. The number of nitrogens with one attached hydrogen (secondary N) is 1. The van der Waals surface area contributed by atoms with Gasteiger partial charge in [0.05, 0.1) is 6.54 Å². The molecule has 0 fully saturated rings. The van der Waals surface area contributed by atoms with Crippen molar-refractivity contribution in [2.45, 2.75) is 13.5 Å². The summed E-state index contributed by atoms with van der Waals surface area (Å²) in [5.74, 6) is 0.349. The van der Waals surface area contributed by atoms with Gasteiger partial charge in [-0.3, -0.25) is 0 Å². The number of aryl methyl sites for hydroxylation is 1. The van der Waals surface area contributed by atoms with Crippen molar-refractivity contribution in [3.63, 3.8) is 0 Å². The molecule has 2 aromatic heterocycles. The minimum Gasteiger partial charge on any atom is -0.477 e. The lowest BCUT2D eigenvalue weighted by molar-refractivity contribution is 0.0690. The summed E-state index contributed by atoms with van der Waals surface area (Å²) in [6.45, 7) is 2.02. The zero-order chi connectivity index (χ0) is 12.3. The second-order valence-electron chi connectivity index (χ2n) is 3.30. The SMILES string of the molecule is Cc1noc(CNc2cccc(C(=O)O)n2)n1. The van der Waals surface area contributed by atoms with E-state index in [2.05, 4.69) is 20.4 Å². The molecular weight excluding hydrogens is 224 g/mol. The van der Waals surface area contributed by atoms with Crippen LogP contribution in [0.4, 0.5) is 5.82 Å². The Morgan fingerprint density at radius 1 is 1.47 bits per heavy atom. The van der Waals surface area contributed by atoms with Gasteiger partial charge < -0.3 is 14.9 Å². The van der Waals surface area contributed by atoms with Crippen molar-refractivity contribution in [2.75, 3.05) is 5.32 Å². The fourth-order valence-electron chi connectivity index (χ4n) is 1.23. The van der Waals surface area contributed by atoms with Gasteiger partial charge in [0.15, 0.2) is 11.5 Å². The molecule has 0 saturated carbocycles. The summed E-state index contributed by atoms with van der Waals surface area (Å²) in [6, 6.07) is 4.69. The van der Waals surface area contributed by atoms with Gasteiger partial charge in [0.25, 0.3) is 0 Å². The first-order chi connectivity index (χ1) is 8.15. The van der Waals surface area contributed by atoms with Crippen LogP contribution in [0.2, 0.25) is 0 Å². The van der Waals surface area contributed by atoms with E-state index in [0.29, 0.717) is 24.1 Å². The Hall–Kier alpha value is -2.44. The van der Waals surface area contributed by atoms with Crippen LogP contribution in [-0.4, -0.2) is 26.2 Å². The summed E-state index contributed by atoms with van der Waals surface area (Å²) in [5.41, 5.74) is -0.0169. The fourth-order valence-corrected chi connectivity index (χ4v) is 1.23. The number of hydrogen-bond donors (Lipinski definition) is 2. The van der Waals surface area contributed by atoms with Crippen molar-refractivity contribution >= 4 is 11.8 Å². The molecule has 0 amide bonds. The van der Waals surface area contributed by atoms with Gasteiger partial charge in [0.2, 0.25) is 5.89 Å². The van der Waals surface area contributed by atoms with Crippen molar-refractivity contribution in [3.8, 4) is 0 Å². The Balaban J connectivity index is 2.04. The van der Waals surface area contributed by atoms with Gasteiger partial charge in [0, 0.05) is 0 Å². The van der Waals surface area contributed by atoms with E-state index in [-0.39, 0.29) is 5.69 Å². The zero-order valence-electron chi connectivity index (χ0n) is 9.04. The molecule has 2 rings (SSSR count). The fraction of sp³-hybridized carbons (Fsp3) is 0.200. The smallest absolute Gasteiger partial charge is 0.354 e. The standard InChI is InChI=1S/C10H10N4O3/c1-6-12-9(17-14-6)5-11-8-4-2-3-7(13-8)10(15)16/h2-4H,5H2,1H3,(H,11,13)(H,15,16). The molecule has 0 aromatic carbocycles. The Morgan fingerprint density at radius 2 is 2.29 bits per heavy atom. The lowest BCUT2D eigenvalue weighted by atomic mass is 10.3. The van der Waals surface area contributed by atoms with Crippen LogP contribution in [0.1, 0.15) is 22.2 Å². The minimum absolute atomic E-state index is 0.0169. The number of aromatic nitrogens is 3. The summed E-state index contributed by atoms with van der Waals surface area (Å²) < 4.78 is 4.90. The van der Waals surface area contributed by atoms with E-state index in [0.717, 1.165) is 0 Å². The van der Waals surface area contributed by atoms with E-state index < -0.39 is 5.97 Å². The number of aromatic carboxylic acids is 1. The van der Waals surface area contributed by atoms with Gasteiger partial charge in [-0.25, -0.2) is 9.78 Å². The topological polar surface area (TPSA) is 101 Å². The molecule has 7 heteroatoms. The van der Waals surface area contributed by atoms with Crippen LogP contribution in [0.15, 0.2) is 22.7 Å². The molecule has 2 heterocycles. The third-order valence-electron chi connectivity index (χ3n) is 1.96. The predicted molar refractivity (Wildman–Crippen MR) is 57.6 cm³/mol. The monoisotopic (exact) mass is 234 g/mol. The number of carbonyl (C=O) groups is 1. The molecule has 0 atom stereocenters. The van der Waals surface area contributed by atoms with Crippen molar-refractivity contribution in [3.05, 3.63) is 35.6 Å². The van der Waals surface area contributed by atoms with Gasteiger partial charge in [-0.15, -0.1) is 0 Å². The maximum absolute atomic E-state index is 10.7. The first-order valence-corrected chi connectivity index (χ1v) is 4.88. The Bertz CT molecular complexity index is 538. The average Bonchev–Trinajstić information content (AvgIpc) is 2.73. The molecule has 88 valence electrons. The normalized spacial score (nSPS) is 10.2. The van der Waals surface area contributed by atoms with E-state index in [9.17, 15) is 4.79 Å². The third-order valence-corrected chi connectivity index (χ3v) is 1.96. The molecular formula is C10H10N4O3. The molecule has 2 N–H and O–H groups in total. The van der Waals surface area contributed by atoms with Gasteiger partial charge >= 0.3 is 5.97 Å². The van der Waals surface area contributed by atoms with Crippen LogP contribution in [0.5, 0.6) is 0 Å². The summed E-state index contributed by atoms with van der Waals surface area (Å²) in [5, 5.41) is 15.3. The predicted octanol–water partition coefficient (Wildman–Crippen LogP) is 1.08. The minimum atomic E-state index is -1.07. The maximum Gasteiger partial charge on any atom is 0.354 e. The number of carboxylic acid groups (broad SMARTS) is 1. The highest BCUT2D eigenvalue weighted by Gasteiger charge is 2.06. The second kappa shape index (κ2) is 4.60. The molecule has 0 saturated heterocycles. The van der Waals surface area contributed by atoms with E-state index in [4.69, 9.17) is 9.63 Å². The van der Waals surface area contributed by atoms with E-state index >= 15 is 0 Å². The Kier molecular flexibility index (Phi) is 2.99. The lowest BCUT2D eigenvalue weighted by Gasteiger charge is -2.02. The van der Waals surface area contributed by atoms with E-state index in [1.165, 1.54) is 6.07 Å². The summed E-state index contributed by atoms with van der Waals surface area (Å²) >= 11 is 0. The lowest BCUT2D eigenvalue weighted by Crippen LogP contribution is -2.05.